The number of nitriles is 1. The average molecular weight is 307 g/mol. The van der Waals surface area contributed by atoms with Crippen LogP contribution in [0.5, 0.6) is 0 Å². The maximum Gasteiger partial charge on any atom is 0.254 e. The molecule has 1 atom stereocenters. The zero-order valence-electron chi connectivity index (χ0n) is 12.0. The third kappa shape index (κ3) is 3.97. The first-order chi connectivity index (χ1) is 9.93. The third-order valence-electron chi connectivity index (χ3n) is 3.70. The zero-order chi connectivity index (χ0) is 15.5. The van der Waals surface area contributed by atoms with Crippen LogP contribution in [0.15, 0.2) is 18.2 Å². The molecule has 5 nitrogen and oxygen atoms in total. The van der Waals surface area contributed by atoms with E-state index in [1.54, 1.807) is 17.0 Å². The van der Waals surface area contributed by atoms with Crippen LogP contribution >= 0.6 is 10.6 Å². The summed E-state index contributed by atoms with van der Waals surface area (Å²) in [6.45, 7) is 2.69. The number of rotatable bonds is 3. The zero-order valence-corrected chi connectivity index (χ0v) is 12.8. The number of nitrogens with zero attached hydrogens (tertiary/aromatic N) is 2. The smallest absolute Gasteiger partial charge is 0.254 e. The van der Waals surface area contributed by atoms with Crippen LogP contribution in [-0.2, 0) is 0 Å². The van der Waals surface area contributed by atoms with Crippen molar-refractivity contribution in [2.24, 2.45) is 0 Å². The minimum atomic E-state index is -2.49. The Hall–Kier alpha value is -1.55. The van der Waals surface area contributed by atoms with Gasteiger partial charge in [-0.25, -0.2) is 0 Å². The summed E-state index contributed by atoms with van der Waals surface area (Å²) in [5.74, 6) is 0.481. The van der Waals surface area contributed by atoms with E-state index in [0.29, 0.717) is 25.1 Å². The monoisotopic (exact) mass is 307 g/mol. The normalized spacial score (nSPS) is 20.4. The molecule has 0 spiro atoms. The number of benzene rings is 1. The van der Waals surface area contributed by atoms with E-state index in [9.17, 15) is 13.9 Å². The molecule has 2 N–H and O–H groups in total. The largest absolute Gasteiger partial charge is 0.335 e. The number of carbonyl (C=O) groups is 1. The number of hydrogen-bond donors (Lipinski definition) is 2. The third-order valence-corrected chi connectivity index (χ3v) is 5.37. The lowest BCUT2D eigenvalue weighted by molar-refractivity contribution is 0.0767. The maximum absolute atomic E-state index is 12.3. The van der Waals surface area contributed by atoms with Gasteiger partial charge in [0, 0.05) is 25.1 Å². The van der Waals surface area contributed by atoms with E-state index >= 15 is 0 Å². The number of amides is 1. The van der Waals surface area contributed by atoms with Crippen molar-refractivity contribution in [1.29, 1.82) is 5.26 Å². The van der Waals surface area contributed by atoms with Crippen molar-refractivity contribution < 1.29 is 13.9 Å². The van der Waals surface area contributed by atoms with E-state index < -0.39 is 10.6 Å². The highest BCUT2D eigenvalue weighted by atomic mass is 32.3. The van der Waals surface area contributed by atoms with Crippen molar-refractivity contribution in [3.63, 3.8) is 0 Å². The van der Waals surface area contributed by atoms with Gasteiger partial charge in [-0.15, -0.1) is 0 Å². The summed E-state index contributed by atoms with van der Waals surface area (Å²) in [5.41, 5.74) is 1.46. The van der Waals surface area contributed by atoms with Gasteiger partial charge in [0.05, 0.1) is 17.6 Å². The van der Waals surface area contributed by atoms with Crippen molar-refractivity contribution in [2.75, 3.05) is 24.6 Å². The first-order valence-corrected chi connectivity index (χ1v) is 8.73. The molecule has 113 valence electrons. The second-order valence-corrected chi connectivity index (χ2v) is 7.72. The van der Waals surface area contributed by atoms with Crippen LogP contribution in [0.4, 0.5) is 0 Å². The van der Waals surface area contributed by atoms with Gasteiger partial charge >= 0.3 is 0 Å². The fourth-order valence-corrected chi connectivity index (χ4v) is 3.46. The summed E-state index contributed by atoms with van der Waals surface area (Å²) in [5, 5.41) is 8.69. The molecule has 21 heavy (non-hydrogen) atoms. The molecule has 1 aromatic rings. The van der Waals surface area contributed by atoms with Gasteiger partial charge < -0.3 is 4.90 Å². The standard InChI is InChI=1S/C15H19N2O3S/c1-12(6-7-16)13-2-4-14(5-3-13)15(18)17-8-10-21(19,20)11-9-17/h2-4,12,19-20H,6,8-11H2,1H3. The fraction of sp³-hybridized carbons (Fsp3) is 0.467. The summed E-state index contributed by atoms with van der Waals surface area (Å²) in [6, 6.07) is 10.4. The lowest BCUT2D eigenvalue weighted by Gasteiger charge is -2.40. The molecule has 1 saturated heterocycles. The Bertz CT molecular complexity index is 541. The molecule has 1 fully saturated rings. The lowest BCUT2D eigenvalue weighted by atomic mass is 9.97. The molecule has 0 saturated carbocycles. The Kier molecular flexibility index (Phi) is 4.88. The first-order valence-electron chi connectivity index (χ1n) is 6.84. The van der Waals surface area contributed by atoms with Gasteiger partial charge in [0.2, 0.25) is 0 Å². The van der Waals surface area contributed by atoms with E-state index in [2.05, 4.69) is 12.1 Å². The van der Waals surface area contributed by atoms with Crippen LogP contribution in [0.25, 0.3) is 0 Å². The lowest BCUT2D eigenvalue weighted by Crippen LogP contribution is -2.42. The van der Waals surface area contributed by atoms with Gasteiger partial charge in [-0.2, -0.15) is 15.9 Å². The molecule has 0 aliphatic carbocycles. The SMILES string of the molecule is CC(CC#N)c1c[c]c(C(=O)N2CCS(O)(O)CC2)cc1. The van der Waals surface area contributed by atoms with Gasteiger partial charge in [0.1, 0.15) is 0 Å². The Morgan fingerprint density at radius 1 is 1.48 bits per heavy atom. The summed E-state index contributed by atoms with van der Waals surface area (Å²) >= 11 is 0. The van der Waals surface area contributed by atoms with Crippen LogP contribution < -0.4 is 0 Å². The number of carbonyl (C=O) groups excluding carboxylic acids is 1. The summed E-state index contributed by atoms with van der Waals surface area (Å²) in [4.78, 5) is 13.9. The molecular weight excluding hydrogens is 288 g/mol. The average Bonchev–Trinajstić information content (AvgIpc) is 2.47. The van der Waals surface area contributed by atoms with Crippen molar-refractivity contribution in [3.05, 3.63) is 35.4 Å². The second-order valence-electron chi connectivity index (χ2n) is 5.30. The molecule has 6 heteroatoms. The molecule has 1 unspecified atom stereocenters. The van der Waals surface area contributed by atoms with Crippen LogP contribution in [0.1, 0.15) is 35.2 Å². The maximum atomic E-state index is 12.3. The van der Waals surface area contributed by atoms with Gasteiger partial charge in [0.15, 0.2) is 0 Å². The highest BCUT2D eigenvalue weighted by molar-refractivity contribution is 8.24. The summed E-state index contributed by atoms with van der Waals surface area (Å²) in [7, 11) is -2.49. The highest BCUT2D eigenvalue weighted by Gasteiger charge is 2.26. The fourth-order valence-electron chi connectivity index (χ4n) is 2.23. The highest BCUT2D eigenvalue weighted by Crippen LogP contribution is 2.40. The summed E-state index contributed by atoms with van der Waals surface area (Å²) < 4.78 is 19.1. The quantitative estimate of drug-likeness (QED) is 0.899. The molecular formula is C15H19N2O3S. The molecule has 0 aromatic heterocycles. The molecule has 2 rings (SSSR count). The molecule has 1 heterocycles. The molecule has 1 radical (unpaired) electrons. The van der Waals surface area contributed by atoms with Gasteiger partial charge in [-0.05, 0) is 23.6 Å². The molecule has 1 aliphatic rings. The van der Waals surface area contributed by atoms with Crippen LogP contribution in [0.3, 0.4) is 0 Å². The Labute approximate surface area is 126 Å². The predicted molar refractivity (Wildman–Crippen MR) is 82.4 cm³/mol. The van der Waals surface area contributed by atoms with E-state index in [4.69, 9.17) is 5.26 Å². The first kappa shape index (κ1) is 15.8. The van der Waals surface area contributed by atoms with Crippen molar-refractivity contribution >= 4 is 16.5 Å². The molecule has 1 aromatic carbocycles. The van der Waals surface area contributed by atoms with E-state index in [-0.39, 0.29) is 23.3 Å². The topological polar surface area (TPSA) is 84.6 Å². The molecule has 1 amide bonds. The van der Waals surface area contributed by atoms with Crippen LogP contribution in [0.2, 0.25) is 0 Å². The molecule has 0 bridgehead atoms. The minimum absolute atomic E-state index is 0.124. The van der Waals surface area contributed by atoms with Crippen LogP contribution in [-0.4, -0.2) is 44.5 Å². The van der Waals surface area contributed by atoms with Crippen molar-refractivity contribution in [3.8, 4) is 6.07 Å². The van der Waals surface area contributed by atoms with E-state index in [1.165, 1.54) is 0 Å². The second kappa shape index (κ2) is 6.48. The minimum Gasteiger partial charge on any atom is -0.335 e. The predicted octanol–water partition coefficient (Wildman–Crippen LogP) is 2.71. The summed E-state index contributed by atoms with van der Waals surface area (Å²) in [6.07, 6.45) is 0.436. The Morgan fingerprint density at radius 3 is 2.67 bits per heavy atom. The number of hydrogen-bond acceptors (Lipinski definition) is 4. The van der Waals surface area contributed by atoms with Crippen molar-refractivity contribution in [1.82, 2.24) is 4.90 Å². The Morgan fingerprint density at radius 2 is 2.14 bits per heavy atom. The molecule has 1 aliphatic heterocycles. The van der Waals surface area contributed by atoms with Crippen molar-refractivity contribution in [2.45, 2.75) is 19.3 Å². The van der Waals surface area contributed by atoms with Crippen LogP contribution in [0, 0.1) is 17.4 Å². The van der Waals surface area contributed by atoms with E-state index in [1.807, 2.05) is 13.0 Å². The van der Waals surface area contributed by atoms with Gasteiger partial charge in [-0.3, -0.25) is 13.9 Å². The van der Waals surface area contributed by atoms with E-state index in [0.717, 1.165) is 5.56 Å². The van der Waals surface area contributed by atoms with Gasteiger partial charge in [0.25, 0.3) is 5.91 Å². The Balaban J connectivity index is 2.02. The van der Waals surface area contributed by atoms with Gasteiger partial charge in [-0.1, -0.05) is 19.1 Å².